The number of ether oxygens (including phenoxy) is 4. The normalized spacial score (nSPS) is 17.2. The maximum atomic E-state index is 14.5. The van der Waals surface area contributed by atoms with Crippen LogP contribution in [0, 0.1) is 0 Å². The number of amides is 1. The van der Waals surface area contributed by atoms with E-state index in [0.717, 1.165) is 25.6 Å². The van der Waals surface area contributed by atoms with Crippen LogP contribution in [0.25, 0.3) is 0 Å². The monoisotopic (exact) mass is 751 g/mol. The third kappa shape index (κ3) is 7.55. The molecule has 0 spiro atoms. The molecule has 4 aromatic rings. The van der Waals surface area contributed by atoms with Gasteiger partial charge in [0.25, 0.3) is 5.91 Å². The number of methoxy groups -OCH3 is 2. The molecule has 0 unspecified atom stereocenters. The van der Waals surface area contributed by atoms with Gasteiger partial charge in [0.2, 0.25) is 5.90 Å². The summed E-state index contributed by atoms with van der Waals surface area (Å²) in [4.78, 5) is 19.6. The van der Waals surface area contributed by atoms with E-state index in [1.807, 2.05) is 91.0 Å². The van der Waals surface area contributed by atoms with E-state index in [-0.39, 0.29) is 25.5 Å². The van der Waals surface area contributed by atoms with Crippen molar-refractivity contribution in [1.82, 2.24) is 10.9 Å². The van der Waals surface area contributed by atoms with Gasteiger partial charge in [-0.15, -0.1) is 0 Å². The first kappa shape index (κ1) is 33.5. The zero-order valence-electron chi connectivity index (χ0n) is 25.5. The fourth-order valence-electron chi connectivity index (χ4n) is 5.28. The molecule has 0 fully saturated rings. The first-order valence-electron chi connectivity index (χ1n) is 14.7. The molecule has 0 aliphatic carbocycles. The molecule has 1 heterocycles. The lowest BCUT2D eigenvalue weighted by molar-refractivity contribution is -0.130. The Morgan fingerprint density at radius 3 is 2.41 bits per heavy atom. The number of benzene rings is 4. The Morgan fingerprint density at radius 1 is 0.957 bits per heavy atom. The fourth-order valence-corrected chi connectivity index (χ4v) is 6.04. The molecular weight excluding hydrogens is 718 g/mol. The second-order valence-electron chi connectivity index (χ2n) is 10.6. The summed E-state index contributed by atoms with van der Waals surface area (Å²) >= 11 is 7.20. The minimum atomic E-state index is -1.39. The molecule has 3 N–H and O–H groups in total. The highest BCUT2D eigenvalue weighted by Crippen LogP contribution is 2.44. The van der Waals surface area contributed by atoms with Gasteiger partial charge in [-0.05, 0) is 54.1 Å². The smallest absolute Gasteiger partial charge is 0.266 e. The Hall–Kier alpha value is -3.90. The van der Waals surface area contributed by atoms with Crippen molar-refractivity contribution in [2.45, 2.75) is 31.0 Å². The fraction of sp³-hybridized carbons (Fsp3) is 0.257. The number of aliphatic hydroxyl groups excluding tert-OH is 1. The molecule has 46 heavy (non-hydrogen) atoms. The Balaban J connectivity index is 1.52. The van der Waals surface area contributed by atoms with Gasteiger partial charge >= 0.3 is 0 Å². The van der Waals surface area contributed by atoms with Gasteiger partial charge in [0.05, 0.1) is 20.8 Å². The van der Waals surface area contributed by atoms with Crippen molar-refractivity contribution in [1.29, 1.82) is 0 Å². The first-order valence-corrected chi connectivity index (χ1v) is 16.3. The Morgan fingerprint density at radius 2 is 1.72 bits per heavy atom. The summed E-state index contributed by atoms with van der Waals surface area (Å²) in [6.07, 6.45) is 0.0291. The average molecular weight is 753 g/mol. The number of rotatable bonds is 14. The van der Waals surface area contributed by atoms with Crippen LogP contribution in [-0.2, 0) is 22.5 Å². The van der Waals surface area contributed by atoms with Gasteiger partial charge < -0.3 is 24.1 Å². The molecule has 0 saturated carbocycles. The number of hydrogen-bond donors (Lipinski definition) is 3. The summed E-state index contributed by atoms with van der Waals surface area (Å²) in [6, 6.07) is 28.4. The van der Waals surface area contributed by atoms with Gasteiger partial charge in [0.1, 0.15) is 5.75 Å². The molecule has 0 saturated heterocycles. The molecule has 11 heteroatoms. The molecule has 2 atom stereocenters. The molecular formula is C35H35Br2N3O6. The SMILES string of the molecule is COc1cccc(CNNC(=O)[C@@]2(Cc3ccc(Br)cc3)N=C(c3ccc(OCCCO)cc3)O[C@H]2c2ccccc2Br)c1OC. The molecule has 9 nitrogen and oxygen atoms in total. The first-order chi connectivity index (χ1) is 22.4. The van der Waals surface area contributed by atoms with Crippen LogP contribution in [0.15, 0.2) is 105 Å². The largest absolute Gasteiger partial charge is 0.494 e. The number of nitrogens with one attached hydrogen (secondary N) is 2. The van der Waals surface area contributed by atoms with Crippen LogP contribution in [0.5, 0.6) is 17.2 Å². The van der Waals surface area contributed by atoms with Crippen LogP contribution >= 0.6 is 31.9 Å². The minimum absolute atomic E-state index is 0.0591. The number of nitrogens with zero attached hydrogens (tertiary/aromatic N) is 1. The van der Waals surface area contributed by atoms with Gasteiger partial charge in [-0.1, -0.05) is 74.3 Å². The van der Waals surface area contributed by atoms with E-state index in [2.05, 4.69) is 42.7 Å². The number of halogens is 2. The third-order valence-corrected chi connectivity index (χ3v) is 8.82. The molecule has 5 rings (SSSR count). The number of carbonyl (C=O) groups excluding carboxylic acids is 1. The standard InChI is InChI=1S/C35H35Br2N3O6/c1-43-30-10-5-7-25(31(30)44-2)22-38-40-34(42)35(21-23-11-15-26(36)16-12-23)32(28-8-3-4-9-29(28)37)46-33(39-35)24-13-17-27(18-14-24)45-20-6-19-41/h3-5,7-18,32,38,41H,6,19-22H2,1-2H3,(H,40,42)/t32-,35-/m0/s1. The highest BCUT2D eigenvalue weighted by molar-refractivity contribution is 9.10. The lowest BCUT2D eigenvalue weighted by Crippen LogP contribution is -2.53. The van der Waals surface area contributed by atoms with Crippen molar-refractivity contribution in [2.24, 2.45) is 4.99 Å². The molecule has 0 radical (unpaired) electrons. The maximum Gasteiger partial charge on any atom is 0.266 e. The van der Waals surface area contributed by atoms with Crippen molar-refractivity contribution < 1.29 is 28.8 Å². The molecule has 240 valence electrons. The molecule has 1 aliphatic rings. The molecule has 1 amide bonds. The van der Waals surface area contributed by atoms with E-state index >= 15 is 0 Å². The number of carbonyl (C=O) groups is 1. The van der Waals surface area contributed by atoms with Crippen molar-refractivity contribution in [3.63, 3.8) is 0 Å². The number of aliphatic imine (C=N–C) groups is 1. The van der Waals surface area contributed by atoms with E-state index in [1.54, 1.807) is 14.2 Å². The second kappa shape index (κ2) is 15.6. The summed E-state index contributed by atoms with van der Waals surface area (Å²) in [6.45, 7) is 0.738. The highest BCUT2D eigenvalue weighted by Gasteiger charge is 2.54. The van der Waals surface area contributed by atoms with Crippen molar-refractivity contribution in [2.75, 3.05) is 27.4 Å². The van der Waals surface area contributed by atoms with Crippen LogP contribution in [-0.4, -0.2) is 49.9 Å². The molecule has 4 aromatic carbocycles. The average Bonchev–Trinajstić information content (AvgIpc) is 3.46. The summed E-state index contributed by atoms with van der Waals surface area (Å²) in [5, 5.41) is 9.07. The van der Waals surface area contributed by atoms with Crippen LogP contribution in [0.1, 0.15) is 34.8 Å². The third-order valence-electron chi connectivity index (χ3n) is 7.57. The van der Waals surface area contributed by atoms with E-state index in [0.29, 0.717) is 41.7 Å². The molecule has 0 aromatic heterocycles. The van der Waals surface area contributed by atoms with Crippen LogP contribution in [0.4, 0.5) is 0 Å². The van der Waals surface area contributed by atoms with Gasteiger partial charge in [0.15, 0.2) is 23.1 Å². The lowest BCUT2D eigenvalue weighted by atomic mass is 9.82. The summed E-state index contributed by atoms with van der Waals surface area (Å²) in [7, 11) is 3.16. The number of aliphatic hydroxyl groups is 1. The van der Waals surface area contributed by atoms with Crippen LogP contribution in [0.3, 0.4) is 0 Å². The highest BCUT2D eigenvalue weighted by atomic mass is 79.9. The predicted molar refractivity (Wildman–Crippen MR) is 183 cm³/mol. The van der Waals surface area contributed by atoms with E-state index in [9.17, 15) is 4.79 Å². The van der Waals surface area contributed by atoms with Crippen molar-refractivity contribution >= 4 is 43.7 Å². The lowest BCUT2D eigenvalue weighted by Gasteiger charge is -2.31. The molecule has 1 aliphatic heterocycles. The summed E-state index contributed by atoms with van der Waals surface area (Å²) < 4.78 is 25.1. The quantitative estimate of drug-likeness (QED) is 0.102. The van der Waals surface area contributed by atoms with E-state index < -0.39 is 11.6 Å². The Labute approximate surface area is 285 Å². The van der Waals surface area contributed by atoms with Crippen LogP contribution in [0.2, 0.25) is 0 Å². The molecule has 0 bridgehead atoms. The second-order valence-corrected chi connectivity index (χ2v) is 12.3. The Kier molecular flexibility index (Phi) is 11.3. The van der Waals surface area contributed by atoms with Crippen molar-refractivity contribution in [3.05, 3.63) is 122 Å². The van der Waals surface area contributed by atoms with Gasteiger partial charge in [-0.25, -0.2) is 10.4 Å². The van der Waals surface area contributed by atoms with Gasteiger partial charge in [-0.2, -0.15) is 0 Å². The zero-order chi connectivity index (χ0) is 32.5. The minimum Gasteiger partial charge on any atom is -0.494 e. The number of para-hydroxylation sites is 1. The predicted octanol–water partition coefficient (Wildman–Crippen LogP) is 6.31. The zero-order valence-corrected chi connectivity index (χ0v) is 28.6. The van der Waals surface area contributed by atoms with E-state index in [1.165, 1.54) is 0 Å². The van der Waals surface area contributed by atoms with Gasteiger partial charge in [-0.3, -0.25) is 10.2 Å². The van der Waals surface area contributed by atoms with E-state index in [4.69, 9.17) is 29.0 Å². The topological polar surface area (TPSA) is 111 Å². The number of hydrazine groups is 1. The van der Waals surface area contributed by atoms with Gasteiger partial charge in [0, 0.05) is 51.6 Å². The summed E-state index contributed by atoms with van der Waals surface area (Å²) in [5.74, 6) is 1.81. The maximum absolute atomic E-state index is 14.5. The van der Waals surface area contributed by atoms with Crippen molar-refractivity contribution in [3.8, 4) is 17.2 Å². The number of hydrogen-bond acceptors (Lipinski definition) is 8. The van der Waals surface area contributed by atoms with Crippen LogP contribution < -0.4 is 25.1 Å². The summed E-state index contributed by atoms with van der Waals surface area (Å²) in [5.41, 5.74) is 7.81. The Bertz CT molecular complexity index is 1670.